The number of aromatic amines is 2. The van der Waals surface area contributed by atoms with Crippen LogP contribution in [0.2, 0.25) is 0 Å². The van der Waals surface area contributed by atoms with E-state index in [0.29, 0.717) is 0 Å². The van der Waals surface area contributed by atoms with Crippen LogP contribution in [0.4, 0.5) is 0 Å². The smallest absolute Gasteiger partial charge is 0.0726 e. The van der Waals surface area contributed by atoms with E-state index < -0.39 is 0 Å². The van der Waals surface area contributed by atoms with Gasteiger partial charge in [0, 0.05) is 38.8 Å². The molecule has 0 atom stereocenters. The largest absolute Gasteiger partial charge is 0.354 e. The van der Waals surface area contributed by atoms with Gasteiger partial charge in [-0.3, -0.25) is 0 Å². The van der Waals surface area contributed by atoms with Crippen molar-refractivity contribution >= 4 is 44.4 Å². The van der Waals surface area contributed by atoms with Gasteiger partial charge in [0.05, 0.1) is 22.8 Å². The number of fused-ring (bicyclic) bond motifs is 8. The van der Waals surface area contributed by atoms with Gasteiger partial charge in [0.2, 0.25) is 0 Å². The third-order valence-corrected chi connectivity index (χ3v) is 14.7. The number of H-pyrrole nitrogens is 2. The summed E-state index contributed by atoms with van der Waals surface area (Å²) in [5, 5.41) is 0. The van der Waals surface area contributed by atoms with Crippen molar-refractivity contribution in [3.8, 4) is 0 Å². The molecule has 9 rings (SSSR count). The molecule has 0 radical (unpaired) electrons. The number of nitrogens with one attached hydrogen (secondary N) is 2. The van der Waals surface area contributed by atoms with E-state index in [4.69, 9.17) is 9.97 Å². The molecule has 2 N–H and O–H groups in total. The van der Waals surface area contributed by atoms with Gasteiger partial charge >= 0.3 is 0 Å². The Balaban J connectivity index is 1.56. The number of aromatic nitrogens is 4. The first kappa shape index (κ1) is 38.1. The van der Waals surface area contributed by atoms with Gasteiger partial charge in [0.15, 0.2) is 0 Å². The van der Waals surface area contributed by atoms with Gasteiger partial charge in [-0.15, -0.1) is 0 Å². The maximum absolute atomic E-state index is 6.00. The Morgan fingerprint density at radius 1 is 0.321 bits per heavy atom. The first-order valence-electron chi connectivity index (χ1n) is 23.7. The summed E-state index contributed by atoms with van der Waals surface area (Å²) in [5.74, 6) is 3.06. The summed E-state index contributed by atoms with van der Waals surface area (Å²) in [6.45, 7) is 19.2. The lowest BCUT2D eigenvalue weighted by Gasteiger charge is -2.12. The molecule has 5 heterocycles. The number of hydrogen-bond donors (Lipinski definition) is 2. The fourth-order valence-corrected chi connectivity index (χ4v) is 11.0. The Kier molecular flexibility index (Phi) is 10.5. The van der Waals surface area contributed by atoms with Crippen LogP contribution in [0, 0.1) is 23.7 Å². The number of aryl methyl sites for hydroxylation is 4. The van der Waals surface area contributed by atoms with Gasteiger partial charge < -0.3 is 9.97 Å². The molecule has 0 unspecified atom stereocenters. The van der Waals surface area contributed by atoms with Gasteiger partial charge in [-0.1, -0.05) is 55.4 Å². The maximum atomic E-state index is 6.00. The van der Waals surface area contributed by atoms with Crippen LogP contribution in [-0.4, -0.2) is 19.9 Å². The Bertz CT molecular complexity index is 2130. The molecule has 8 bridgehead atoms. The van der Waals surface area contributed by atoms with Crippen LogP contribution in [-0.2, 0) is 51.4 Å². The quantitative estimate of drug-likeness (QED) is 0.153. The lowest BCUT2D eigenvalue weighted by atomic mass is 9.90. The Morgan fingerprint density at radius 3 is 0.839 bits per heavy atom. The molecular formula is C52H70N4. The number of allylic oxidation sites excluding steroid dienone is 4. The minimum Gasteiger partial charge on any atom is -0.354 e. The Labute approximate surface area is 337 Å². The predicted molar refractivity (Wildman–Crippen MR) is 239 cm³/mol. The van der Waals surface area contributed by atoms with Gasteiger partial charge in [-0.25, -0.2) is 9.97 Å². The first-order valence-corrected chi connectivity index (χ1v) is 23.7. The van der Waals surface area contributed by atoms with Crippen molar-refractivity contribution in [1.29, 1.82) is 0 Å². The van der Waals surface area contributed by atoms with Crippen LogP contribution >= 0.6 is 0 Å². The molecule has 2 aliphatic heterocycles. The minimum atomic E-state index is 0.750. The third-order valence-electron chi connectivity index (χ3n) is 14.7. The molecule has 0 spiro atoms. The second-order valence-electron chi connectivity index (χ2n) is 18.5. The maximum Gasteiger partial charge on any atom is 0.0726 e. The summed E-state index contributed by atoms with van der Waals surface area (Å²) >= 11 is 0. The molecule has 4 fully saturated rings. The fourth-order valence-electron chi connectivity index (χ4n) is 11.0. The lowest BCUT2D eigenvalue weighted by molar-refractivity contribution is 0.812. The van der Waals surface area contributed by atoms with Crippen molar-refractivity contribution in [3.05, 3.63) is 67.3 Å². The molecular weight excluding hydrogens is 681 g/mol. The number of nitrogens with zero attached hydrogens (tertiary/aromatic N) is 2. The molecule has 4 aliphatic carbocycles. The zero-order valence-corrected chi connectivity index (χ0v) is 36.3. The standard InChI is InChI=1S/C52H70N4/c1-9-33-34(10-2)46-42(26-30-19-20-30)48-37(13-5)38(14-6)50(55-48)44(28-32-23-24-32)52-40(16-8)39(15-7)51(56-52)43(27-31-21-22-31)49-36(12-4)35(11-3)47(54-49)41(45(33)53-46)25-29-17-18-29/h29-32,53-54H,9-28H2,1-8H3. The molecule has 56 heavy (non-hydrogen) atoms. The van der Waals surface area contributed by atoms with E-state index in [-0.39, 0.29) is 0 Å². The zero-order valence-electron chi connectivity index (χ0n) is 36.3. The van der Waals surface area contributed by atoms with Gasteiger partial charge in [-0.05, 0) is 202 Å². The van der Waals surface area contributed by atoms with Crippen LogP contribution in [0.3, 0.4) is 0 Å². The number of rotatable bonds is 16. The second kappa shape index (κ2) is 15.4. The van der Waals surface area contributed by atoms with Crippen molar-refractivity contribution in [1.82, 2.24) is 19.9 Å². The summed E-state index contributed by atoms with van der Waals surface area (Å²) in [4.78, 5) is 20.7. The van der Waals surface area contributed by atoms with E-state index in [1.165, 1.54) is 135 Å². The van der Waals surface area contributed by atoms with Crippen LogP contribution < -0.4 is 0 Å². The van der Waals surface area contributed by atoms with Gasteiger partial charge in [0.25, 0.3) is 0 Å². The van der Waals surface area contributed by atoms with E-state index >= 15 is 0 Å². The average molecular weight is 751 g/mol. The third kappa shape index (κ3) is 6.67. The highest BCUT2D eigenvalue weighted by Gasteiger charge is 2.35. The Morgan fingerprint density at radius 2 is 0.571 bits per heavy atom. The van der Waals surface area contributed by atoms with Crippen molar-refractivity contribution in [2.75, 3.05) is 0 Å². The monoisotopic (exact) mass is 751 g/mol. The molecule has 4 heteroatoms. The second-order valence-corrected chi connectivity index (χ2v) is 18.5. The highest BCUT2D eigenvalue weighted by molar-refractivity contribution is 5.99. The molecule has 298 valence electrons. The number of hydrogen-bond acceptors (Lipinski definition) is 2. The first-order chi connectivity index (χ1) is 27.4. The molecule has 0 aromatic carbocycles. The van der Waals surface area contributed by atoms with Crippen molar-refractivity contribution in [3.63, 3.8) is 0 Å². The van der Waals surface area contributed by atoms with Crippen LogP contribution in [0.25, 0.3) is 44.4 Å². The van der Waals surface area contributed by atoms with Gasteiger partial charge in [-0.2, -0.15) is 0 Å². The van der Waals surface area contributed by atoms with Crippen molar-refractivity contribution < 1.29 is 0 Å². The molecule has 0 amide bonds. The molecule has 3 aromatic heterocycles. The van der Waals surface area contributed by atoms with Gasteiger partial charge in [0.1, 0.15) is 0 Å². The summed E-state index contributed by atoms with van der Waals surface area (Å²) in [6, 6.07) is 0. The summed E-state index contributed by atoms with van der Waals surface area (Å²) in [5.41, 5.74) is 29.1. The van der Waals surface area contributed by atoms with E-state index in [1.54, 1.807) is 27.8 Å². The average Bonchev–Trinajstić information content (AvgIpc) is 4.04. The topological polar surface area (TPSA) is 57.4 Å². The van der Waals surface area contributed by atoms with E-state index in [2.05, 4.69) is 65.4 Å². The predicted octanol–water partition coefficient (Wildman–Crippen LogP) is 13.8. The van der Waals surface area contributed by atoms with Crippen molar-refractivity contribution in [2.45, 2.75) is 184 Å². The normalized spacial score (nSPS) is 18.6. The Hall–Kier alpha value is -3.40. The van der Waals surface area contributed by atoms with E-state index in [0.717, 1.165) is 101 Å². The summed E-state index contributed by atoms with van der Waals surface area (Å²) in [7, 11) is 0. The SMILES string of the molecule is CCC1=C(CC)c2nc1c(CC1CC1)c1nc(c(CC3CC3)c3[nH]c(c(CC)c3CC)c(CC3CC3)c3[nH]c(c2CC2CC2)c(CC)c3CC)C(CC)=C1CC. The molecule has 4 nitrogen and oxygen atoms in total. The summed E-state index contributed by atoms with van der Waals surface area (Å²) in [6.07, 6.45) is 23.5. The van der Waals surface area contributed by atoms with Crippen LogP contribution in [0.5, 0.6) is 0 Å². The minimum absolute atomic E-state index is 0.750. The van der Waals surface area contributed by atoms with Crippen LogP contribution in [0.15, 0.2) is 0 Å². The fraction of sp³-hybridized carbons (Fsp3) is 0.615. The molecule has 4 saturated carbocycles. The van der Waals surface area contributed by atoms with Crippen molar-refractivity contribution in [2.24, 2.45) is 23.7 Å². The summed E-state index contributed by atoms with van der Waals surface area (Å²) < 4.78 is 0. The molecule has 3 aromatic rings. The van der Waals surface area contributed by atoms with E-state index in [9.17, 15) is 0 Å². The van der Waals surface area contributed by atoms with E-state index in [1.807, 2.05) is 0 Å². The van der Waals surface area contributed by atoms with Crippen LogP contribution in [0.1, 0.15) is 200 Å². The zero-order chi connectivity index (χ0) is 38.8. The lowest BCUT2D eigenvalue weighted by Crippen LogP contribution is -2.01. The molecule has 0 saturated heterocycles. The molecule has 6 aliphatic rings. The highest BCUT2D eigenvalue weighted by atomic mass is 14.8. The highest BCUT2D eigenvalue weighted by Crippen LogP contribution is 2.49.